The van der Waals surface area contributed by atoms with Gasteiger partial charge in [-0.3, -0.25) is 0 Å². The topological polar surface area (TPSA) is 39.2 Å². The minimum absolute atomic E-state index is 0.197. The van der Waals surface area contributed by atoms with Crippen LogP contribution in [-0.4, -0.2) is 16.5 Å². The monoisotopic (exact) mass is 215 g/mol. The Morgan fingerprint density at radius 3 is 3.00 bits per heavy atom. The van der Waals surface area contributed by atoms with Crippen molar-refractivity contribution in [3.05, 3.63) is 30.1 Å². The Morgan fingerprint density at radius 1 is 1.64 bits per heavy atom. The van der Waals surface area contributed by atoms with Crippen LogP contribution in [0.25, 0.3) is 0 Å². The second-order valence-corrected chi connectivity index (χ2v) is 2.21. The highest BCUT2D eigenvalue weighted by atomic mass is 79.9. The number of esters is 1. The molecule has 0 fully saturated rings. The van der Waals surface area contributed by atoms with E-state index in [-0.39, 0.29) is 5.52 Å². The number of carbonyl (C=O) groups is 1. The van der Waals surface area contributed by atoms with Gasteiger partial charge in [-0.25, -0.2) is 9.78 Å². The fraction of sp³-hybridized carbons (Fsp3) is 0.143. The van der Waals surface area contributed by atoms with Gasteiger partial charge >= 0.3 is 5.97 Å². The lowest BCUT2D eigenvalue weighted by Gasteiger charge is -1.97. The van der Waals surface area contributed by atoms with Crippen LogP contribution in [0.15, 0.2) is 24.4 Å². The molecule has 1 heterocycles. The zero-order valence-corrected chi connectivity index (χ0v) is 7.24. The lowest BCUT2D eigenvalue weighted by Crippen LogP contribution is -2.04. The largest absolute Gasteiger partial charge is 0.449 e. The van der Waals surface area contributed by atoms with E-state index >= 15 is 0 Å². The summed E-state index contributed by atoms with van der Waals surface area (Å²) >= 11 is 2.98. The Kier molecular flexibility index (Phi) is 3.04. The Morgan fingerprint density at radius 2 is 2.45 bits per heavy atom. The molecule has 4 heteroatoms. The second-order valence-electron chi connectivity index (χ2n) is 1.76. The van der Waals surface area contributed by atoms with Gasteiger partial charge in [-0.1, -0.05) is 6.07 Å². The maximum absolute atomic E-state index is 10.9. The molecule has 1 aromatic rings. The zero-order valence-electron chi connectivity index (χ0n) is 5.66. The van der Waals surface area contributed by atoms with Crippen molar-refractivity contribution in [2.45, 2.75) is 0 Å². The van der Waals surface area contributed by atoms with Crippen LogP contribution in [0, 0.1) is 0 Å². The van der Waals surface area contributed by atoms with Gasteiger partial charge in [-0.05, 0) is 28.1 Å². The Balaban J connectivity index is 2.69. The molecule has 0 aromatic carbocycles. The van der Waals surface area contributed by atoms with E-state index in [0.29, 0.717) is 5.69 Å². The summed E-state index contributed by atoms with van der Waals surface area (Å²) in [7, 11) is 0. The summed E-state index contributed by atoms with van der Waals surface area (Å²) in [6.07, 6.45) is 1.55. The number of hydrogen-bond acceptors (Lipinski definition) is 3. The number of carbonyl (C=O) groups excluding carboxylic acids is 1. The van der Waals surface area contributed by atoms with E-state index in [1.54, 1.807) is 24.4 Å². The van der Waals surface area contributed by atoms with E-state index in [0.717, 1.165) is 0 Å². The van der Waals surface area contributed by atoms with E-state index in [2.05, 4.69) is 25.7 Å². The van der Waals surface area contributed by atoms with Gasteiger partial charge in [-0.2, -0.15) is 0 Å². The van der Waals surface area contributed by atoms with Crippen molar-refractivity contribution in [3.63, 3.8) is 0 Å². The van der Waals surface area contributed by atoms with Crippen LogP contribution in [0.1, 0.15) is 10.5 Å². The Bertz CT molecular complexity index is 237. The van der Waals surface area contributed by atoms with Gasteiger partial charge in [-0.15, -0.1) is 0 Å². The standard InChI is InChI=1S/C7H6BrNO2/c8-5-11-7(10)6-3-1-2-4-9-6/h1-4H,5H2. The van der Waals surface area contributed by atoms with Crippen LogP contribution in [0.3, 0.4) is 0 Å². The molecule has 0 aliphatic carbocycles. The summed E-state index contributed by atoms with van der Waals surface area (Å²) in [5.74, 6) is -0.414. The summed E-state index contributed by atoms with van der Waals surface area (Å²) < 4.78 is 4.64. The van der Waals surface area contributed by atoms with Crippen LogP contribution in [0.2, 0.25) is 0 Å². The average molecular weight is 216 g/mol. The van der Waals surface area contributed by atoms with Crippen molar-refractivity contribution in [1.82, 2.24) is 4.98 Å². The van der Waals surface area contributed by atoms with Gasteiger partial charge in [0.05, 0.1) is 0 Å². The molecule has 0 atom stereocenters. The number of hydrogen-bond donors (Lipinski definition) is 0. The van der Waals surface area contributed by atoms with Crippen molar-refractivity contribution < 1.29 is 9.53 Å². The third-order valence-electron chi connectivity index (χ3n) is 1.06. The number of halogens is 1. The molecule has 0 unspecified atom stereocenters. The van der Waals surface area contributed by atoms with Gasteiger partial charge in [0.1, 0.15) is 11.2 Å². The summed E-state index contributed by atoms with van der Waals surface area (Å²) in [4.78, 5) is 14.7. The predicted molar refractivity (Wildman–Crippen MR) is 43.4 cm³/mol. The van der Waals surface area contributed by atoms with Crippen molar-refractivity contribution in [2.24, 2.45) is 0 Å². The fourth-order valence-electron chi connectivity index (χ4n) is 0.607. The third kappa shape index (κ3) is 2.31. The minimum atomic E-state index is -0.414. The summed E-state index contributed by atoms with van der Waals surface area (Å²) in [5, 5.41) is 0. The first-order chi connectivity index (χ1) is 5.34. The average Bonchev–Trinajstić information content (AvgIpc) is 2.07. The molecule has 3 nitrogen and oxygen atoms in total. The van der Waals surface area contributed by atoms with Crippen molar-refractivity contribution in [2.75, 3.05) is 5.52 Å². The zero-order chi connectivity index (χ0) is 8.10. The van der Waals surface area contributed by atoms with Crippen LogP contribution >= 0.6 is 15.9 Å². The van der Waals surface area contributed by atoms with Gasteiger partial charge in [0.25, 0.3) is 0 Å². The van der Waals surface area contributed by atoms with Crippen LogP contribution in [0.5, 0.6) is 0 Å². The highest BCUT2D eigenvalue weighted by Gasteiger charge is 2.04. The van der Waals surface area contributed by atoms with Gasteiger partial charge in [0.15, 0.2) is 0 Å². The number of nitrogens with zero attached hydrogens (tertiary/aromatic N) is 1. The minimum Gasteiger partial charge on any atom is -0.449 e. The van der Waals surface area contributed by atoms with Crippen LogP contribution in [0.4, 0.5) is 0 Å². The molecule has 0 saturated carbocycles. The lowest BCUT2D eigenvalue weighted by molar-refractivity contribution is 0.0577. The van der Waals surface area contributed by atoms with Gasteiger partial charge < -0.3 is 4.74 Å². The SMILES string of the molecule is O=C(OCBr)c1ccccn1. The van der Waals surface area contributed by atoms with Crippen LogP contribution in [-0.2, 0) is 4.74 Å². The molecule has 11 heavy (non-hydrogen) atoms. The number of aromatic nitrogens is 1. The quantitative estimate of drug-likeness (QED) is 0.556. The Labute approximate surface area is 72.5 Å². The second kappa shape index (κ2) is 4.08. The molecule has 0 amide bonds. The van der Waals surface area contributed by atoms with Crippen molar-refractivity contribution >= 4 is 21.9 Å². The first kappa shape index (κ1) is 8.20. The fourth-order valence-corrected chi connectivity index (χ4v) is 0.815. The number of pyridine rings is 1. The van der Waals surface area contributed by atoms with E-state index in [1.165, 1.54) is 0 Å². The van der Waals surface area contributed by atoms with E-state index in [4.69, 9.17) is 0 Å². The van der Waals surface area contributed by atoms with E-state index < -0.39 is 5.97 Å². The van der Waals surface area contributed by atoms with E-state index in [1.807, 2.05) is 0 Å². The van der Waals surface area contributed by atoms with Crippen molar-refractivity contribution in [3.8, 4) is 0 Å². The Hall–Kier alpha value is -0.900. The lowest BCUT2D eigenvalue weighted by atomic mass is 10.4. The van der Waals surface area contributed by atoms with Crippen molar-refractivity contribution in [1.29, 1.82) is 0 Å². The molecule has 1 aromatic heterocycles. The molecule has 0 radical (unpaired) electrons. The molecule has 0 aliphatic rings. The third-order valence-corrected chi connectivity index (χ3v) is 1.29. The molecule has 0 bridgehead atoms. The molecule has 0 saturated heterocycles. The summed E-state index contributed by atoms with van der Waals surface area (Å²) in [6, 6.07) is 5.08. The number of rotatable bonds is 2. The molecular weight excluding hydrogens is 210 g/mol. The maximum atomic E-state index is 10.9. The smallest absolute Gasteiger partial charge is 0.357 e. The molecule has 0 aliphatic heterocycles. The van der Waals surface area contributed by atoms with E-state index in [9.17, 15) is 4.79 Å². The molecule has 58 valence electrons. The first-order valence-corrected chi connectivity index (χ1v) is 4.11. The number of alkyl halides is 1. The summed E-state index contributed by atoms with van der Waals surface area (Å²) in [5.41, 5.74) is 0.523. The van der Waals surface area contributed by atoms with Crippen LogP contribution < -0.4 is 0 Å². The maximum Gasteiger partial charge on any atom is 0.357 e. The molecule has 0 spiro atoms. The predicted octanol–water partition coefficient (Wildman–Crippen LogP) is 1.59. The highest BCUT2D eigenvalue weighted by Crippen LogP contribution is 1.97. The molecular formula is C7H6BrNO2. The highest BCUT2D eigenvalue weighted by molar-refractivity contribution is 9.09. The molecule has 0 N–H and O–H groups in total. The summed E-state index contributed by atoms with van der Waals surface area (Å²) in [6.45, 7) is 0. The normalized spacial score (nSPS) is 9.18. The van der Waals surface area contributed by atoms with Gasteiger partial charge in [0.2, 0.25) is 0 Å². The number of ether oxygens (including phenoxy) is 1. The molecule has 1 rings (SSSR count). The van der Waals surface area contributed by atoms with Gasteiger partial charge in [0, 0.05) is 6.20 Å². The first-order valence-electron chi connectivity index (χ1n) is 2.98.